The van der Waals surface area contributed by atoms with Gasteiger partial charge in [-0.15, -0.1) is 0 Å². The summed E-state index contributed by atoms with van der Waals surface area (Å²) in [5, 5.41) is 118. The Bertz CT molecular complexity index is 1850. The molecular weight excluding hydrogens is 881 g/mol. The van der Waals surface area contributed by atoms with Crippen LogP contribution in [0.25, 0.3) is 0 Å². The molecule has 0 aromatic rings. The summed E-state index contributed by atoms with van der Waals surface area (Å²) in [5.74, 6) is -1.66. The summed E-state index contributed by atoms with van der Waals surface area (Å²) < 4.78 is 34.7. The molecule has 382 valence electrons. The van der Waals surface area contributed by atoms with Gasteiger partial charge in [0.05, 0.1) is 36.3 Å². The van der Waals surface area contributed by atoms with Crippen molar-refractivity contribution in [2.45, 2.75) is 204 Å². The number of aliphatic hydroxyl groups excluding tert-OH is 10. The van der Waals surface area contributed by atoms with Crippen LogP contribution in [0.5, 0.6) is 0 Å². The monoisotopic (exact) mass is 956 g/mol. The Morgan fingerprint density at radius 2 is 1.30 bits per heavy atom. The second-order valence-electron chi connectivity index (χ2n) is 22.7. The van der Waals surface area contributed by atoms with Crippen LogP contribution in [0, 0.1) is 56.7 Å². The van der Waals surface area contributed by atoms with E-state index in [-0.39, 0.29) is 45.8 Å². The topological polar surface area (TPSA) is 312 Å². The molecule has 3 aliphatic heterocycles. The zero-order valence-corrected chi connectivity index (χ0v) is 39.5. The lowest BCUT2D eigenvalue weighted by molar-refractivity contribution is -0.361. The maximum atomic E-state index is 15.0. The van der Waals surface area contributed by atoms with Gasteiger partial charge >= 0.3 is 11.9 Å². The molecule has 26 atom stereocenters. The van der Waals surface area contributed by atoms with E-state index in [1.165, 1.54) is 6.92 Å². The van der Waals surface area contributed by atoms with Crippen LogP contribution in [0.4, 0.5) is 0 Å². The first kappa shape index (κ1) is 51.4. The van der Waals surface area contributed by atoms with Crippen LogP contribution in [0.3, 0.4) is 0 Å². The van der Waals surface area contributed by atoms with Crippen LogP contribution in [0.1, 0.15) is 106 Å². The minimum atomic E-state index is -1.87. The molecular formula is C48H76O19. The number of carbonyl (C=O) groups excluding carboxylic acids is 1. The Labute approximate surface area is 391 Å². The lowest BCUT2D eigenvalue weighted by atomic mass is 9.32. The molecule has 19 heteroatoms. The third-order valence-corrected chi connectivity index (χ3v) is 19.8. The lowest BCUT2D eigenvalue weighted by Crippen LogP contribution is -2.68. The number of fused-ring (bicyclic) bond motifs is 7. The van der Waals surface area contributed by atoms with Gasteiger partial charge < -0.3 is 84.6 Å². The number of carbonyl (C=O) groups is 2. The summed E-state index contributed by atoms with van der Waals surface area (Å²) >= 11 is 0. The van der Waals surface area contributed by atoms with Gasteiger partial charge in [-0.25, -0.2) is 0 Å². The van der Waals surface area contributed by atoms with Gasteiger partial charge in [0.15, 0.2) is 12.6 Å². The zero-order chi connectivity index (χ0) is 49.1. The van der Waals surface area contributed by atoms with Crippen molar-refractivity contribution < 1.29 is 94.2 Å². The highest BCUT2D eigenvalue weighted by Crippen LogP contribution is 2.77. The molecule has 8 aliphatic rings. The molecule has 3 heterocycles. The van der Waals surface area contributed by atoms with E-state index in [1.54, 1.807) is 6.92 Å². The van der Waals surface area contributed by atoms with Crippen LogP contribution < -0.4 is 0 Å². The Hall–Kier alpha value is -1.92. The van der Waals surface area contributed by atoms with Crippen molar-refractivity contribution in [3.05, 3.63) is 12.2 Å². The Morgan fingerprint density at radius 1 is 0.657 bits per heavy atom. The number of ether oxygens (including phenoxy) is 6. The fourth-order valence-electron chi connectivity index (χ4n) is 15.7. The molecule has 0 bridgehead atoms. The fraction of sp³-hybridized carbons (Fsp3) is 0.917. The van der Waals surface area contributed by atoms with E-state index < -0.39 is 134 Å². The van der Waals surface area contributed by atoms with Gasteiger partial charge in [0.25, 0.3) is 0 Å². The van der Waals surface area contributed by atoms with Crippen molar-refractivity contribution in [1.29, 1.82) is 0 Å². The van der Waals surface area contributed by atoms with Crippen molar-refractivity contribution >= 4 is 11.9 Å². The van der Waals surface area contributed by atoms with Gasteiger partial charge in [-0.1, -0.05) is 32.9 Å². The number of aliphatic hydroxyl groups is 10. The second-order valence-corrected chi connectivity index (χ2v) is 22.7. The lowest BCUT2D eigenvalue weighted by Gasteiger charge is -2.72. The molecule has 3 unspecified atom stereocenters. The van der Waals surface area contributed by atoms with E-state index in [0.29, 0.717) is 38.5 Å². The summed E-state index contributed by atoms with van der Waals surface area (Å²) in [7, 11) is 0. The van der Waals surface area contributed by atoms with Gasteiger partial charge in [0.2, 0.25) is 6.29 Å². The molecule has 0 amide bonds. The summed E-state index contributed by atoms with van der Waals surface area (Å²) in [6, 6.07) is 0. The molecule has 11 N–H and O–H groups in total. The van der Waals surface area contributed by atoms with Crippen LogP contribution in [-0.2, 0) is 38.0 Å². The molecule has 0 spiro atoms. The van der Waals surface area contributed by atoms with Crippen molar-refractivity contribution in [1.82, 2.24) is 0 Å². The summed E-state index contributed by atoms with van der Waals surface area (Å²) in [5.41, 5.74) is -2.04. The van der Waals surface area contributed by atoms with Crippen molar-refractivity contribution in [3.63, 3.8) is 0 Å². The van der Waals surface area contributed by atoms with E-state index in [0.717, 1.165) is 31.3 Å². The zero-order valence-electron chi connectivity index (χ0n) is 39.5. The molecule has 0 aromatic carbocycles. The number of hydrogen-bond donors (Lipinski definition) is 11. The second kappa shape index (κ2) is 18.3. The predicted molar refractivity (Wildman–Crippen MR) is 231 cm³/mol. The van der Waals surface area contributed by atoms with Crippen LogP contribution in [-0.4, -0.2) is 180 Å². The molecule has 0 aromatic heterocycles. The van der Waals surface area contributed by atoms with Crippen LogP contribution in [0.2, 0.25) is 0 Å². The predicted octanol–water partition coefficient (Wildman–Crippen LogP) is 0.0887. The standard InChI is InChI=1S/C48H76O19/c1-20(2)22-10-15-48(17-16-45(5)23(29(22)48)8-9-26-44(4)13-12-28(50)47(7,42(59)60)27(44)11-14-46(26,45)6)43(61)67-41-36(57)33(54)31(52)25(65-41)19-62-39-37(58)34(55)38(24(18-49)64-39)66-40-35(56)32(53)30(51)21(3)63-40/h21-41,49-58H,1,8-19H2,2-7H3,(H,59,60)/t21-,22-,23+,24+,25+,26?,27?,28+,29?,30-,31+,32+,33-,34+,35+,36+,37+,38+,39+,40+,41-,44+,45+,46+,47-,48-/m0/s1. The smallest absolute Gasteiger partial charge is 0.314 e. The highest BCUT2D eigenvalue weighted by atomic mass is 16.8. The minimum absolute atomic E-state index is 0.0107. The molecule has 8 fully saturated rings. The van der Waals surface area contributed by atoms with E-state index in [4.69, 9.17) is 28.4 Å². The van der Waals surface area contributed by atoms with Gasteiger partial charge in [-0.05, 0) is 131 Å². The largest absolute Gasteiger partial charge is 0.481 e. The fourth-order valence-corrected chi connectivity index (χ4v) is 15.7. The number of hydrogen-bond acceptors (Lipinski definition) is 18. The number of rotatable bonds is 10. The normalized spacial score (nSPS) is 55.3. The number of aliphatic carboxylic acids is 1. The van der Waals surface area contributed by atoms with E-state index in [9.17, 15) is 65.8 Å². The summed E-state index contributed by atoms with van der Waals surface area (Å²) in [6.07, 6.45) is -18.7. The Morgan fingerprint density at radius 3 is 1.96 bits per heavy atom. The summed E-state index contributed by atoms with van der Waals surface area (Å²) in [6.45, 7) is 15.1. The van der Waals surface area contributed by atoms with Crippen LogP contribution in [0.15, 0.2) is 12.2 Å². The van der Waals surface area contributed by atoms with Gasteiger partial charge in [0, 0.05) is 0 Å². The van der Waals surface area contributed by atoms with Crippen molar-refractivity contribution in [3.8, 4) is 0 Å². The first-order valence-electron chi connectivity index (χ1n) is 24.4. The van der Waals surface area contributed by atoms with Gasteiger partial charge in [0.1, 0.15) is 67.1 Å². The molecule has 0 radical (unpaired) electrons. The average Bonchev–Trinajstić information content (AvgIpc) is 3.69. The van der Waals surface area contributed by atoms with Crippen LogP contribution >= 0.6 is 0 Å². The van der Waals surface area contributed by atoms with Crippen molar-refractivity contribution in [2.75, 3.05) is 13.2 Å². The number of allylic oxidation sites excluding steroid dienone is 1. The van der Waals surface area contributed by atoms with E-state index in [2.05, 4.69) is 27.4 Å². The van der Waals surface area contributed by atoms with E-state index in [1.807, 2.05) is 6.92 Å². The third kappa shape index (κ3) is 7.79. The Kier molecular flexibility index (Phi) is 14.0. The summed E-state index contributed by atoms with van der Waals surface area (Å²) in [4.78, 5) is 27.8. The maximum Gasteiger partial charge on any atom is 0.314 e. The highest BCUT2D eigenvalue weighted by molar-refractivity contribution is 5.78. The Balaban J connectivity index is 0.969. The number of carboxylic acid groups (broad SMARTS) is 1. The molecule has 5 aliphatic carbocycles. The van der Waals surface area contributed by atoms with Crippen molar-refractivity contribution in [2.24, 2.45) is 56.7 Å². The quantitative estimate of drug-likeness (QED) is 0.102. The third-order valence-electron chi connectivity index (χ3n) is 19.8. The molecule has 19 nitrogen and oxygen atoms in total. The first-order chi connectivity index (χ1) is 31.3. The molecule has 67 heavy (non-hydrogen) atoms. The van der Waals surface area contributed by atoms with Gasteiger partial charge in [-0.3, -0.25) is 9.59 Å². The molecule has 5 saturated carbocycles. The number of esters is 1. The van der Waals surface area contributed by atoms with E-state index >= 15 is 0 Å². The maximum absolute atomic E-state index is 15.0. The number of carboxylic acids is 1. The first-order valence-corrected chi connectivity index (χ1v) is 24.4. The molecule has 3 saturated heterocycles. The highest BCUT2D eigenvalue weighted by Gasteiger charge is 2.73. The minimum Gasteiger partial charge on any atom is -0.481 e. The van der Waals surface area contributed by atoms with Gasteiger partial charge in [-0.2, -0.15) is 0 Å². The molecule has 8 rings (SSSR count). The average molecular weight is 957 g/mol. The SMILES string of the molecule is C=C(C)[C@@H]1CC[C@]2(C(=O)O[C@@H]3O[C@H](CO[C@@H]4O[C@H](CO)[C@@H](O[C@H]5O[C@@H](C)[C@H](O)[C@@H](O)[C@H]5O)[C@H](O)[C@H]4O)[C@@H](O)[C@H](O)[C@H]3O)CC[C@]3(C)[C@H](CCC4[C@@]5(C)CC[C@@H](O)[C@@](C)(C(=O)O)C5CC[C@]43C)C12.